The van der Waals surface area contributed by atoms with Gasteiger partial charge in [0.1, 0.15) is 5.82 Å². The summed E-state index contributed by atoms with van der Waals surface area (Å²) in [5, 5.41) is 3.12. The molecule has 5 nitrogen and oxygen atoms in total. The van der Waals surface area contributed by atoms with Crippen LogP contribution in [-0.2, 0) is 16.0 Å². The molecule has 2 rings (SSSR count). The van der Waals surface area contributed by atoms with E-state index in [2.05, 4.69) is 21.3 Å². The smallest absolute Gasteiger partial charge is 0.130 e. The second-order valence-corrected chi connectivity index (χ2v) is 4.50. The number of anilines is 1. The third-order valence-electron chi connectivity index (χ3n) is 3.42. The van der Waals surface area contributed by atoms with Gasteiger partial charge in [-0.05, 0) is 6.07 Å². The number of hydrogen-bond donors (Lipinski definition) is 1. The molecule has 100 valence electrons. The van der Waals surface area contributed by atoms with Gasteiger partial charge in [-0.2, -0.15) is 0 Å². The molecule has 1 saturated heterocycles. The van der Waals surface area contributed by atoms with E-state index in [4.69, 9.17) is 9.47 Å². The third kappa shape index (κ3) is 2.80. The molecule has 1 N–H and O–H groups in total. The number of hydrogen-bond acceptors (Lipinski definition) is 5. The quantitative estimate of drug-likeness (QED) is 0.845. The largest absolute Gasteiger partial charge is 0.377 e. The maximum atomic E-state index is 5.44. The average Bonchev–Trinajstić information content (AvgIpc) is 2.81. The molecule has 0 radical (unpaired) electrons. The number of likely N-dealkylation sites (tertiary alicyclic amines) is 1. The van der Waals surface area contributed by atoms with E-state index in [0.29, 0.717) is 0 Å². The Balaban J connectivity index is 2.02. The monoisotopic (exact) mass is 251 g/mol. The van der Waals surface area contributed by atoms with Gasteiger partial charge >= 0.3 is 0 Å². The highest BCUT2D eigenvalue weighted by molar-refractivity contribution is 5.42. The van der Waals surface area contributed by atoms with Crippen LogP contribution in [0, 0.1) is 0 Å². The van der Waals surface area contributed by atoms with Crippen molar-refractivity contribution in [3.63, 3.8) is 0 Å². The highest BCUT2D eigenvalue weighted by atomic mass is 16.5. The molecule has 1 aromatic heterocycles. The minimum atomic E-state index is 0.157. The number of pyridine rings is 1. The second-order valence-electron chi connectivity index (χ2n) is 4.50. The minimum Gasteiger partial charge on any atom is -0.377 e. The van der Waals surface area contributed by atoms with Crippen molar-refractivity contribution in [2.45, 2.75) is 18.8 Å². The molecule has 5 heteroatoms. The van der Waals surface area contributed by atoms with Crippen LogP contribution in [0.15, 0.2) is 18.3 Å². The fraction of sp³-hybridized carbons (Fsp3) is 0.615. The van der Waals surface area contributed by atoms with Crippen LogP contribution >= 0.6 is 0 Å². The fourth-order valence-electron chi connectivity index (χ4n) is 2.43. The van der Waals surface area contributed by atoms with Crippen molar-refractivity contribution in [2.75, 3.05) is 39.7 Å². The summed E-state index contributed by atoms with van der Waals surface area (Å²) in [5.74, 6) is 0.937. The Kier molecular flexibility index (Phi) is 4.52. The van der Waals surface area contributed by atoms with Gasteiger partial charge in [-0.1, -0.05) is 6.07 Å². The van der Waals surface area contributed by atoms with Gasteiger partial charge in [0.25, 0.3) is 0 Å². The molecule has 1 fully saturated rings. The standard InChI is InChI=1S/C13H21N3O2/c1-14-13-10(5-4-6-15-13)7-16-8-11(17-2)12(9-16)18-3/h4-6,11-12H,7-9H2,1-3H3,(H,14,15). The lowest BCUT2D eigenvalue weighted by molar-refractivity contribution is -0.00461. The van der Waals surface area contributed by atoms with E-state index in [-0.39, 0.29) is 12.2 Å². The van der Waals surface area contributed by atoms with Crippen molar-refractivity contribution in [3.8, 4) is 0 Å². The first-order valence-corrected chi connectivity index (χ1v) is 6.18. The summed E-state index contributed by atoms with van der Waals surface area (Å²) in [6, 6.07) is 4.06. The molecule has 0 saturated carbocycles. The van der Waals surface area contributed by atoms with Crippen molar-refractivity contribution in [1.29, 1.82) is 0 Å². The Bertz CT molecular complexity index is 374. The van der Waals surface area contributed by atoms with Gasteiger partial charge in [-0.25, -0.2) is 4.98 Å². The molecule has 1 aromatic rings. The zero-order chi connectivity index (χ0) is 13.0. The Morgan fingerprint density at radius 2 is 2.00 bits per heavy atom. The van der Waals surface area contributed by atoms with E-state index in [1.807, 2.05) is 13.1 Å². The molecular formula is C13H21N3O2. The normalized spacial score (nSPS) is 24.4. The zero-order valence-electron chi connectivity index (χ0n) is 11.2. The second kappa shape index (κ2) is 6.13. The highest BCUT2D eigenvalue weighted by Crippen LogP contribution is 2.20. The first-order valence-electron chi connectivity index (χ1n) is 6.18. The molecular weight excluding hydrogens is 230 g/mol. The Morgan fingerprint density at radius 3 is 2.56 bits per heavy atom. The maximum absolute atomic E-state index is 5.44. The van der Waals surface area contributed by atoms with Crippen LogP contribution in [-0.4, -0.2) is 56.4 Å². The first kappa shape index (κ1) is 13.3. The number of ether oxygens (including phenoxy) is 2. The van der Waals surface area contributed by atoms with E-state index < -0.39 is 0 Å². The van der Waals surface area contributed by atoms with Gasteiger partial charge in [0, 0.05) is 52.7 Å². The molecule has 0 bridgehead atoms. The zero-order valence-corrected chi connectivity index (χ0v) is 11.2. The molecule has 1 aliphatic rings. The molecule has 0 spiro atoms. The topological polar surface area (TPSA) is 46.6 Å². The molecule has 2 unspecified atom stereocenters. The average molecular weight is 251 g/mol. The van der Waals surface area contributed by atoms with E-state index in [9.17, 15) is 0 Å². The summed E-state index contributed by atoms with van der Waals surface area (Å²) >= 11 is 0. The van der Waals surface area contributed by atoms with Crippen LogP contribution < -0.4 is 5.32 Å². The fourth-order valence-corrected chi connectivity index (χ4v) is 2.43. The van der Waals surface area contributed by atoms with Crippen LogP contribution in [0.25, 0.3) is 0 Å². The molecule has 1 aliphatic heterocycles. The van der Waals surface area contributed by atoms with Gasteiger partial charge in [0.2, 0.25) is 0 Å². The number of rotatable bonds is 5. The van der Waals surface area contributed by atoms with Crippen LogP contribution in [0.3, 0.4) is 0 Å². The van der Waals surface area contributed by atoms with Crippen molar-refractivity contribution in [3.05, 3.63) is 23.9 Å². The number of methoxy groups -OCH3 is 2. The minimum absolute atomic E-state index is 0.157. The summed E-state index contributed by atoms with van der Waals surface area (Å²) < 4.78 is 10.9. The lowest BCUT2D eigenvalue weighted by Crippen LogP contribution is -2.27. The van der Waals surface area contributed by atoms with Crippen LogP contribution in [0.5, 0.6) is 0 Å². The predicted molar refractivity (Wildman–Crippen MR) is 70.7 cm³/mol. The summed E-state index contributed by atoms with van der Waals surface area (Å²) in [4.78, 5) is 6.65. The van der Waals surface area contributed by atoms with E-state index in [1.165, 1.54) is 5.56 Å². The van der Waals surface area contributed by atoms with E-state index >= 15 is 0 Å². The van der Waals surface area contributed by atoms with Crippen molar-refractivity contribution >= 4 is 5.82 Å². The van der Waals surface area contributed by atoms with Crippen LogP contribution in [0.2, 0.25) is 0 Å². The molecule has 2 heterocycles. The Labute approximate surface area is 108 Å². The summed E-state index contributed by atoms with van der Waals surface area (Å²) in [7, 11) is 5.37. The van der Waals surface area contributed by atoms with Crippen LogP contribution in [0.4, 0.5) is 5.82 Å². The lowest BCUT2D eigenvalue weighted by Gasteiger charge is -2.16. The van der Waals surface area contributed by atoms with Gasteiger partial charge in [-0.15, -0.1) is 0 Å². The highest BCUT2D eigenvalue weighted by Gasteiger charge is 2.32. The Hall–Kier alpha value is -1.17. The summed E-state index contributed by atoms with van der Waals surface area (Å²) in [6.45, 7) is 2.66. The summed E-state index contributed by atoms with van der Waals surface area (Å²) in [5.41, 5.74) is 1.20. The van der Waals surface area contributed by atoms with Crippen molar-refractivity contribution < 1.29 is 9.47 Å². The first-order chi connectivity index (χ1) is 8.78. The molecule has 0 aromatic carbocycles. The Morgan fingerprint density at radius 1 is 1.33 bits per heavy atom. The number of nitrogens with zero attached hydrogens (tertiary/aromatic N) is 2. The SMILES string of the molecule is CNc1ncccc1CN1CC(OC)C(OC)C1. The van der Waals surface area contributed by atoms with Gasteiger partial charge in [0.05, 0.1) is 12.2 Å². The van der Waals surface area contributed by atoms with E-state index in [1.54, 1.807) is 20.4 Å². The summed E-state index contributed by atoms with van der Waals surface area (Å²) in [6.07, 6.45) is 2.12. The van der Waals surface area contributed by atoms with Crippen molar-refractivity contribution in [1.82, 2.24) is 9.88 Å². The van der Waals surface area contributed by atoms with Crippen molar-refractivity contribution in [2.24, 2.45) is 0 Å². The molecule has 0 aliphatic carbocycles. The van der Waals surface area contributed by atoms with E-state index in [0.717, 1.165) is 25.5 Å². The lowest BCUT2D eigenvalue weighted by atomic mass is 10.2. The van der Waals surface area contributed by atoms with Crippen LogP contribution in [0.1, 0.15) is 5.56 Å². The molecule has 0 amide bonds. The number of nitrogens with one attached hydrogen (secondary N) is 1. The van der Waals surface area contributed by atoms with Gasteiger partial charge < -0.3 is 14.8 Å². The van der Waals surface area contributed by atoms with Gasteiger partial charge in [0.15, 0.2) is 0 Å². The molecule has 2 atom stereocenters. The molecule has 18 heavy (non-hydrogen) atoms. The third-order valence-corrected chi connectivity index (χ3v) is 3.42. The van der Waals surface area contributed by atoms with Gasteiger partial charge in [-0.3, -0.25) is 4.90 Å². The number of aromatic nitrogens is 1. The maximum Gasteiger partial charge on any atom is 0.130 e. The predicted octanol–water partition coefficient (Wildman–Crippen LogP) is 0.969.